The molecule has 0 saturated carbocycles. The summed E-state index contributed by atoms with van der Waals surface area (Å²) < 4.78 is 19.3. The summed E-state index contributed by atoms with van der Waals surface area (Å²) in [6, 6.07) is 19.9. The number of hydrogen-bond acceptors (Lipinski definition) is 4. The molecule has 0 aromatic heterocycles. The van der Waals surface area contributed by atoms with Crippen LogP contribution in [-0.2, 0) is 4.79 Å². The SMILES string of the molecule is O=C(COc1ccccc1C(=O)N1CCC(c2ccc(O)cc2)CC1)Nc1ccccc1F. The second-order valence-electron chi connectivity index (χ2n) is 7.97. The molecule has 0 aliphatic carbocycles. The number of amides is 2. The summed E-state index contributed by atoms with van der Waals surface area (Å²) in [4.78, 5) is 27.1. The highest BCUT2D eigenvalue weighted by atomic mass is 19.1. The fourth-order valence-electron chi connectivity index (χ4n) is 3.99. The van der Waals surface area contributed by atoms with E-state index in [1.807, 2.05) is 12.1 Å². The first-order chi connectivity index (χ1) is 16.0. The molecule has 1 heterocycles. The van der Waals surface area contributed by atoms with Crippen molar-refractivity contribution < 1.29 is 23.8 Å². The number of para-hydroxylation sites is 2. The lowest BCUT2D eigenvalue weighted by Gasteiger charge is -2.32. The van der Waals surface area contributed by atoms with Crippen LogP contribution in [0.1, 0.15) is 34.7 Å². The van der Waals surface area contributed by atoms with Crippen molar-refractivity contribution in [3.05, 3.63) is 89.7 Å². The van der Waals surface area contributed by atoms with Crippen LogP contribution in [-0.4, -0.2) is 41.5 Å². The minimum Gasteiger partial charge on any atom is -0.508 e. The molecule has 33 heavy (non-hydrogen) atoms. The highest BCUT2D eigenvalue weighted by Crippen LogP contribution is 2.30. The number of rotatable bonds is 6. The number of anilines is 1. The van der Waals surface area contributed by atoms with E-state index >= 15 is 0 Å². The van der Waals surface area contributed by atoms with Gasteiger partial charge >= 0.3 is 0 Å². The van der Waals surface area contributed by atoms with Crippen LogP contribution in [0.25, 0.3) is 0 Å². The molecule has 0 radical (unpaired) electrons. The molecule has 2 N–H and O–H groups in total. The van der Waals surface area contributed by atoms with Crippen molar-refractivity contribution in [2.24, 2.45) is 0 Å². The third-order valence-corrected chi connectivity index (χ3v) is 5.77. The zero-order valence-corrected chi connectivity index (χ0v) is 18.0. The van der Waals surface area contributed by atoms with Crippen LogP contribution in [0.2, 0.25) is 0 Å². The first-order valence-corrected chi connectivity index (χ1v) is 10.9. The second-order valence-corrected chi connectivity index (χ2v) is 7.97. The number of carbonyl (C=O) groups is 2. The van der Waals surface area contributed by atoms with Gasteiger partial charge in [-0.05, 0) is 60.7 Å². The van der Waals surface area contributed by atoms with Gasteiger partial charge in [-0.25, -0.2) is 4.39 Å². The van der Waals surface area contributed by atoms with Gasteiger partial charge in [0.25, 0.3) is 11.8 Å². The zero-order valence-electron chi connectivity index (χ0n) is 18.0. The van der Waals surface area contributed by atoms with E-state index in [1.165, 1.54) is 18.2 Å². The number of aromatic hydroxyl groups is 1. The van der Waals surface area contributed by atoms with Crippen molar-refractivity contribution in [2.45, 2.75) is 18.8 Å². The monoisotopic (exact) mass is 448 g/mol. The first-order valence-electron chi connectivity index (χ1n) is 10.9. The first kappa shape index (κ1) is 22.3. The molecule has 1 aliphatic heterocycles. The maximum absolute atomic E-state index is 13.7. The molecular weight excluding hydrogens is 423 g/mol. The molecule has 7 heteroatoms. The lowest BCUT2D eigenvalue weighted by atomic mass is 9.89. The molecule has 170 valence electrons. The fourth-order valence-corrected chi connectivity index (χ4v) is 3.99. The predicted molar refractivity (Wildman–Crippen MR) is 123 cm³/mol. The molecule has 4 rings (SSSR count). The van der Waals surface area contributed by atoms with Crippen molar-refractivity contribution in [1.82, 2.24) is 4.90 Å². The molecule has 3 aromatic rings. The van der Waals surface area contributed by atoms with E-state index in [0.29, 0.717) is 30.3 Å². The number of benzene rings is 3. The molecule has 3 aromatic carbocycles. The van der Waals surface area contributed by atoms with Crippen LogP contribution in [0.3, 0.4) is 0 Å². The highest BCUT2D eigenvalue weighted by molar-refractivity contribution is 5.97. The van der Waals surface area contributed by atoms with E-state index in [-0.39, 0.29) is 24.0 Å². The van der Waals surface area contributed by atoms with Gasteiger partial charge < -0.3 is 20.1 Å². The number of piperidine rings is 1. The van der Waals surface area contributed by atoms with Crippen LogP contribution in [0.4, 0.5) is 10.1 Å². The van der Waals surface area contributed by atoms with E-state index in [1.54, 1.807) is 47.4 Å². The van der Waals surface area contributed by atoms with Gasteiger partial charge in [0.2, 0.25) is 0 Å². The molecule has 1 fully saturated rings. The number of nitrogens with zero attached hydrogens (tertiary/aromatic N) is 1. The second kappa shape index (κ2) is 10.2. The average molecular weight is 448 g/mol. The predicted octanol–water partition coefficient (Wildman–Crippen LogP) is 4.57. The number of hydrogen-bond donors (Lipinski definition) is 2. The van der Waals surface area contributed by atoms with Crippen molar-refractivity contribution in [3.8, 4) is 11.5 Å². The molecule has 0 bridgehead atoms. The van der Waals surface area contributed by atoms with Crippen molar-refractivity contribution >= 4 is 17.5 Å². The summed E-state index contributed by atoms with van der Waals surface area (Å²) in [5, 5.41) is 11.9. The minimum atomic E-state index is -0.530. The van der Waals surface area contributed by atoms with Crippen molar-refractivity contribution in [2.75, 3.05) is 25.0 Å². The summed E-state index contributed by atoms with van der Waals surface area (Å²) in [5.41, 5.74) is 1.62. The largest absolute Gasteiger partial charge is 0.508 e. The quantitative estimate of drug-likeness (QED) is 0.579. The zero-order chi connectivity index (χ0) is 23.2. The topological polar surface area (TPSA) is 78.9 Å². The number of phenolic OH excluding ortho intramolecular Hbond substituents is 1. The summed E-state index contributed by atoms with van der Waals surface area (Å²) in [5.74, 6) is -0.306. The molecule has 1 aliphatic rings. The highest BCUT2D eigenvalue weighted by Gasteiger charge is 2.26. The van der Waals surface area contributed by atoms with Gasteiger partial charge in [0.1, 0.15) is 17.3 Å². The summed E-state index contributed by atoms with van der Waals surface area (Å²) >= 11 is 0. The average Bonchev–Trinajstić information content (AvgIpc) is 2.84. The Labute approximate surface area is 191 Å². The van der Waals surface area contributed by atoms with Crippen LogP contribution >= 0.6 is 0 Å². The third kappa shape index (κ3) is 5.49. The smallest absolute Gasteiger partial charge is 0.262 e. The minimum absolute atomic E-state index is 0.0759. The van der Waals surface area contributed by atoms with E-state index < -0.39 is 11.7 Å². The van der Waals surface area contributed by atoms with E-state index in [9.17, 15) is 19.1 Å². The van der Waals surface area contributed by atoms with Crippen molar-refractivity contribution in [3.63, 3.8) is 0 Å². The van der Waals surface area contributed by atoms with Crippen LogP contribution < -0.4 is 10.1 Å². The molecule has 2 amide bonds. The molecule has 6 nitrogen and oxygen atoms in total. The molecule has 0 unspecified atom stereocenters. The van der Waals surface area contributed by atoms with Gasteiger partial charge in [0.05, 0.1) is 11.3 Å². The maximum atomic E-state index is 13.7. The van der Waals surface area contributed by atoms with Gasteiger partial charge in [-0.1, -0.05) is 36.4 Å². The Morgan fingerprint density at radius 3 is 2.36 bits per heavy atom. The normalized spacial score (nSPS) is 14.0. The van der Waals surface area contributed by atoms with Gasteiger partial charge in [-0.15, -0.1) is 0 Å². The van der Waals surface area contributed by atoms with Crippen molar-refractivity contribution in [1.29, 1.82) is 0 Å². The molecule has 0 spiro atoms. The molecule has 0 atom stereocenters. The number of phenols is 1. The number of likely N-dealkylation sites (tertiary alicyclic amines) is 1. The summed E-state index contributed by atoms with van der Waals surface area (Å²) in [6.07, 6.45) is 1.65. The summed E-state index contributed by atoms with van der Waals surface area (Å²) in [6.45, 7) is 0.862. The number of halogens is 1. The standard InChI is InChI=1S/C26H25FN2O4/c27-22-6-2-3-7-23(22)28-25(31)17-33-24-8-4-1-5-21(24)26(32)29-15-13-19(14-16-29)18-9-11-20(30)12-10-18/h1-12,19,30H,13-17H2,(H,28,31). The van der Waals surface area contributed by atoms with E-state index in [0.717, 1.165) is 18.4 Å². The fraction of sp³-hybridized carbons (Fsp3) is 0.231. The van der Waals surface area contributed by atoms with Crippen LogP contribution in [0, 0.1) is 5.82 Å². The van der Waals surface area contributed by atoms with Gasteiger partial charge in [0, 0.05) is 13.1 Å². The Bertz CT molecular complexity index is 1130. The molecular formula is C26H25FN2O4. The van der Waals surface area contributed by atoms with Crippen LogP contribution in [0.5, 0.6) is 11.5 Å². The lowest BCUT2D eigenvalue weighted by molar-refractivity contribution is -0.118. The Kier molecular flexibility index (Phi) is 6.88. The maximum Gasteiger partial charge on any atom is 0.262 e. The summed E-state index contributed by atoms with van der Waals surface area (Å²) in [7, 11) is 0. The van der Waals surface area contributed by atoms with Crippen LogP contribution in [0.15, 0.2) is 72.8 Å². The van der Waals surface area contributed by atoms with Gasteiger partial charge in [-0.3, -0.25) is 9.59 Å². The van der Waals surface area contributed by atoms with E-state index in [4.69, 9.17) is 4.74 Å². The number of ether oxygens (including phenoxy) is 1. The Morgan fingerprint density at radius 1 is 0.970 bits per heavy atom. The third-order valence-electron chi connectivity index (χ3n) is 5.77. The Balaban J connectivity index is 1.36. The van der Waals surface area contributed by atoms with E-state index in [2.05, 4.69) is 5.32 Å². The lowest BCUT2D eigenvalue weighted by Crippen LogP contribution is -2.38. The van der Waals surface area contributed by atoms with Gasteiger partial charge in [0.15, 0.2) is 6.61 Å². The van der Waals surface area contributed by atoms with Gasteiger partial charge in [-0.2, -0.15) is 0 Å². The molecule has 1 saturated heterocycles. The number of nitrogens with one attached hydrogen (secondary N) is 1. The number of carbonyl (C=O) groups excluding carboxylic acids is 2. The Hall–Kier alpha value is -3.87. The Morgan fingerprint density at radius 2 is 1.64 bits per heavy atom.